The van der Waals surface area contributed by atoms with Crippen LogP contribution in [0.5, 0.6) is 11.5 Å². The average molecular weight is 324 g/mol. The van der Waals surface area contributed by atoms with Crippen LogP contribution >= 0.6 is 23.9 Å². The molecular formula is C12H8N2O5S2. The Bertz CT molecular complexity index is 588. The van der Waals surface area contributed by atoms with E-state index in [0.717, 1.165) is 0 Å². The molecule has 0 N–H and O–H groups in total. The van der Waals surface area contributed by atoms with E-state index in [-0.39, 0.29) is 0 Å². The Morgan fingerprint density at radius 2 is 1.05 bits per heavy atom. The second-order valence-electron chi connectivity index (χ2n) is 3.67. The Hall–Kier alpha value is -2.26. The van der Waals surface area contributed by atoms with Gasteiger partial charge in [0.25, 0.3) is 23.9 Å². The second kappa shape index (κ2) is 6.95. The molecule has 21 heavy (non-hydrogen) atoms. The number of rotatable bonds is 6. The molecule has 108 valence electrons. The SMILES string of the molecule is O=[N+]([O-])Sc1ccc(Oc2ccc(S[N+](=O)[O-])cc2)cc1. The molecule has 2 rings (SSSR count). The van der Waals surface area contributed by atoms with Crippen molar-refractivity contribution in [1.82, 2.24) is 0 Å². The molecule has 0 aliphatic rings. The normalized spacial score (nSPS) is 10.1. The lowest BCUT2D eigenvalue weighted by atomic mass is 10.3. The second-order valence-corrected chi connectivity index (χ2v) is 5.58. The molecular weight excluding hydrogens is 316 g/mol. The van der Waals surface area contributed by atoms with Crippen molar-refractivity contribution in [2.24, 2.45) is 0 Å². The maximum Gasteiger partial charge on any atom is 0.265 e. The van der Waals surface area contributed by atoms with Gasteiger partial charge in [-0.05, 0) is 48.5 Å². The first-order chi connectivity index (χ1) is 10.0. The first-order valence-corrected chi connectivity index (χ1v) is 7.10. The molecule has 2 aromatic rings. The minimum atomic E-state index is -0.485. The topological polar surface area (TPSA) is 95.5 Å². The van der Waals surface area contributed by atoms with Crippen molar-refractivity contribution in [1.29, 1.82) is 0 Å². The third kappa shape index (κ3) is 4.97. The number of hydrogen-bond donors (Lipinski definition) is 0. The molecule has 0 aliphatic heterocycles. The summed E-state index contributed by atoms with van der Waals surface area (Å²) in [5, 5.41) is 20.7. The first-order valence-electron chi connectivity index (χ1n) is 5.55. The highest BCUT2D eigenvalue weighted by atomic mass is 32.2. The van der Waals surface area contributed by atoms with Crippen LogP contribution in [0.2, 0.25) is 0 Å². The number of nitrogens with zero attached hydrogens (tertiary/aromatic N) is 2. The van der Waals surface area contributed by atoms with Crippen molar-refractivity contribution in [3.8, 4) is 11.5 Å². The lowest BCUT2D eigenvalue weighted by Gasteiger charge is -2.05. The fourth-order valence-corrected chi connectivity index (χ4v) is 2.31. The van der Waals surface area contributed by atoms with Gasteiger partial charge in [-0.3, -0.25) is 20.2 Å². The highest BCUT2D eigenvalue weighted by Crippen LogP contribution is 2.27. The zero-order valence-electron chi connectivity index (χ0n) is 10.4. The number of benzene rings is 2. The van der Waals surface area contributed by atoms with E-state index < -0.39 is 8.66 Å². The van der Waals surface area contributed by atoms with Gasteiger partial charge in [0.05, 0.1) is 9.79 Å². The summed E-state index contributed by atoms with van der Waals surface area (Å²) in [6.45, 7) is 0. The summed E-state index contributed by atoms with van der Waals surface area (Å²) in [6, 6.07) is 12.8. The third-order valence-corrected chi connectivity index (χ3v) is 3.51. The predicted molar refractivity (Wildman–Crippen MR) is 78.7 cm³/mol. The molecule has 7 nitrogen and oxygen atoms in total. The summed E-state index contributed by atoms with van der Waals surface area (Å²) in [5.74, 6) is 1.05. The fraction of sp³-hybridized carbons (Fsp3) is 0. The molecule has 0 heterocycles. The minimum absolute atomic E-state index is 0.485. The number of ether oxygens (including phenoxy) is 1. The van der Waals surface area contributed by atoms with Gasteiger partial charge >= 0.3 is 0 Å². The van der Waals surface area contributed by atoms with Gasteiger partial charge in [0.2, 0.25) is 0 Å². The summed E-state index contributed by atoms with van der Waals surface area (Å²) < 4.78 is 4.57. The molecule has 0 aromatic heterocycles. The van der Waals surface area contributed by atoms with Crippen LogP contribution in [0, 0.1) is 20.2 Å². The van der Waals surface area contributed by atoms with Gasteiger partial charge in [-0.1, -0.05) is 0 Å². The Balaban J connectivity index is 2.01. The summed E-state index contributed by atoms with van der Waals surface area (Å²) in [5.41, 5.74) is 0. The molecule has 0 aliphatic carbocycles. The monoisotopic (exact) mass is 324 g/mol. The van der Waals surface area contributed by atoms with Crippen LogP contribution in [0.25, 0.3) is 0 Å². The van der Waals surface area contributed by atoms with Crippen LogP contribution in [-0.4, -0.2) is 8.66 Å². The summed E-state index contributed by atoms with van der Waals surface area (Å²) in [7, 11) is 0. The largest absolute Gasteiger partial charge is 0.457 e. The Morgan fingerprint density at radius 3 is 1.33 bits per heavy atom. The summed E-state index contributed by atoms with van der Waals surface area (Å²) >= 11 is 1.04. The van der Waals surface area contributed by atoms with Crippen molar-refractivity contribution < 1.29 is 13.4 Å². The number of hydrogen-bond acceptors (Lipinski definition) is 7. The minimum Gasteiger partial charge on any atom is -0.457 e. The zero-order chi connectivity index (χ0) is 15.2. The van der Waals surface area contributed by atoms with E-state index in [0.29, 0.717) is 45.2 Å². The summed E-state index contributed by atoms with van der Waals surface area (Å²) in [4.78, 5) is 21.7. The Labute approximate surface area is 127 Å². The molecule has 0 bridgehead atoms. The Morgan fingerprint density at radius 1 is 0.714 bits per heavy atom. The van der Waals surface area contributed by atoms with E-state index >= 15 is 0 Å². The maximum atomic E-state index is 10.3. The third-order valence-electron chi connectivity index (χ3n) is 2.24. The van der Waals surface area contributed by atoms with E-state index in [4.69, 9.17) is 4.74 Å². The van der Waals surface area contributed by atoms with Crippen molar-refractivity contribution in [3.05, 3.63) is 68.8 Å². The highest BCUT2D eigenvalue weighted by molar-refractivity contribution is 7.93. The molecule has 0 fully saturated rings. The number of nitro groups is 2. The van der Waals surface area contributed by atoms with Gasteiger partial charge < -0.3 is 4.74 Å². The van der Waals surface area contributed by atoms with Crippen molar-refractivity contribution in [3.63, 3.8) is 0 Å². The molecule has 0 saturated carbocycles. The first kappa shape index (κ1) is 15.1. The molecule has 0 amide bonds. The molecule has 0 radical (unpaired) electrons. The van der Waals surface area contributed by atoms with Crippen LogP contribution in [0.3, 0.4) is 0 Å². The van der Waals surface area contributed by atoms with Gasteiger partial charge in [-0.2, -0.15) is 0 Å². The molecule has 0 atom stereocenters. The lowest BCUT2D eigenvalue weighted by Crippen LogP contribution is -1.87. The van der Waals surface area contributed by atoms with Crippen LogP contribution < -0.4 is 4.74 Å². The summed E-state index contributed by atoms with van der Waals surface area (Å²) in [6.07, 6.45) is 0. The average Bonchev–Trinajstić information content (AvgIpc) is 2.42. The van der Waals surface area contributed by atoms with Crippen molar-refractivity contribution in [2.45, 2.75) is 9.79 Å². The molecule has 0 spiro atoms. The molecule has 0 saturated heterocycles. The van der Waals surface area contributed by atoms with Gasteiger partial charge in [-0.25, -0.2) is 0 Å². The van der Waals surface area contributed by atoms with Crippen LogP contribution in [-0.2, 0) is 0 Å². The smallest absolute Gasteiger partial charge is 0.265 e. The van der Waals surface area contributed by atoms with Crippen LogP contribution in [0.15, 0.2) is 58.3 Å². The van der Waals surface area contributed by atoms with E-state index in [1.165, 1.54) is 0 Å². The van der Waals surface area contributed by atoms with Gasteiger partial charge in [0, 0.05) is 0 Å². The quantitative estimate of drug-likeness (QED) is 0.449. The van der Waals surface area contributed by atoms with Gasteiger partial charge in [0.15, 0.2) is 0 Å². The molecule has 0 unspecified atom stereocenters. The predicted octanol–water partition coefficient (Wildman–Crippen LogP) is 4.05. The van der Waals surface area contributed by atoms with Crippen molar-refractivity contribution >= 4 is 23.9 Å². The highest BCUT2D eigenvalue weighted by Gasteiger charge is 2.07. The lowest BCUT2D eigenvalue weighted by molar-refractivity contribution is -0.284. The zero-order valence-corrected chi connectivity index (χ0v) is 12.0. The standard InChI is InChI=1S/C12H8N2O5S2/c15-13(16)20-11-5-1-9(2-6-11)19-10-3-7-12(8-4-10)21-14(17)18/h1-8H. The van der Waals surface area contributed by atoms with Crippen LogP contribution in [0.4, 0.5) is 0 Å². The maximum absolute atomic E-state index is 10.3. The van der Waals surface area contributed by atoms with E-state index in [2.05, 4.69) is 0 Å². The Kier molecular flexibility index (Phi) is 5.01. The van der Waals surface area contributed by atoms with E-state index in [9.17, 15) is 20.2 Å². The van der Waals surface area contributed by atoms with Gasteiger partial charge in [-0.15, -0.1) is 0 Å². The van der Waals surface area contributed by atoms with Crippen molar-refractivity contribution in [2.75, 3.05) is 0 Å². The molecule has 2 aromatic carbocycles. The fourth-order valence-electron chi connectivity index (χ4n) is 1.45. The van der Waals surface area contributed by atoms with Gasteiger partial charge in [0.1, 0.15) is 20.2 Å². The molecule has 9 heteroatoms. The van der Waals surface area contributed by atoms with Crippen LogP contribution in [0.1, 0.15) is 0 Å². The van der Waals surface area contributed by atoms with E-state index in [1.54, 1.807) is 48.5 Å². The van der Waals surface area contributed by atoms with E-state index in [1.807, 2.05) is 0 Å².